The van der Waals surface area contributed by atoms with Crippen molar-refractivity contribution in [2.24, 2.45) is 0 Å². The third-order valence-electron chi connectivity index (χ3n) is 18.1. The summed E-state index contributed by atoms with van der Waals surface area (Å²) in [5.41, 5.74) is 17.5. The van der Waals surface area contributed by atoms with E-state index in [0.717, 1.165) is 127 Å². The Labute approximate surface area is 526 Å². The van der Waals surface area contributed by atoms with Gasteiger partial charge in [0.15, 0.2) is 11.6 Å². The molecular weight excluding hydrogens is 1130 g/mol. The fourth-order valence-corrected chi connectivity index (χ4v) is 15.3. The van der Waals surface area contributed by atoms with E-state index in [-0.39, 0.29) is 0 Å². The molecule has 0 saturated heterocycles. The van der Waals surface area contributed by atoms with Crippen LogP contribution in [0.4, 0.5) is 0 Å². The molecule has 6 aromatic heterocycles. The summed E-state index contributed by atoms with van der Waals surface area (Å²) in [6, 6.07) is 94.8. The van der Waals surface area contributed by atoms with E-state index in [4.69, 9.17) is 24.9 Å². The fourth-order valence-electron chi connectivity index (χ4n) is 14.0. The molecule has 0 spiro atoms. The van der Waals surface area contributed by atoms with Gasteiger partial charge >= 0.3 is 0 Å². The van der Waals surface area contributed by atoms with E-state index in [0.29, 0.717) is 23.5 Å². The molecule has 0 unspecified atom stereocenters. The highest BCUT2D eigenvalue weighted by Crippen LogP contribution is 2.49. The monoisotopic (exact) mass is 1180 g/mol. The Bertz CT molecular complexity index is 6030. The van der Waals surface area contributed by atoms with E-state index in [2.05, 4.69) is 288 Å². The molecule has 0 radical (unpaired) electrons. The maximum absolute atomic E-state index is 5.58. The number of fused-ring (bicyclic) bond motifs is 16. The molecule has 18 rings (SSSR count). The zero-order valence-electron chi connectivity index (χ0n) is 49.3. The van der Waals surface area contributed by atoms with Crippen LogP contribution in [0.3, 0.4) is 0 Å². The van der Waals surface area contributed by atoms with Gasteiger partial charge in [0.1, 0.15) is 0 Å². The molecule has 91 heavy (non-hydrogen) atoms. The summed E-state index contributed by atoms with van der Waals surface area (Å²) in [6.45, 7) is 6.24. The first-order valence-electron chi connectivity index (χ1n) is 30.6. The highest BCUT2D eigenvalue weighted by Gasteiger charge is 2.27. The second-order valence-corrected chi connectivity index (χ2v) is 24.2. The van der Waals surface area contributed by atoms with E-state index < -0.39 is 0 Å². The van der Waals surface area contributed by atoms with E-state index in [1.54, 1.807) is 0 Å². The van der Waals surface area contributed by atoms with Gasteiger partial charge in [-0.1, -0.05) is 249 Å². The number of aromatic nitrogens is 8. The van der Waals surface area contributed by atoms with Crippen molar-refractivity contribution >= 4 is 114 Å². The lowest BCUT2D eigenvalue weighted by Crippen LogP contribution is -2.07. The standard InChI is InChI=1S/C82H52N8S/c1-3-4-31-59-50(2)88(58-29-12-7-13-30-58)76-62(59)46-47-63-60-32-17-20-38-69(60)90(77(63)76)82-86-79(54-42-40-52(41-43-54)51-23-8-5-9-24-51)85-80(87-82)57-28-22-27-55(48-57)56-44-45-67-71(49-56)91-78-64-34-15-14-33-61(64)75-72(73(67)78)66-36-18-21-39-70(66)89(75)81-83-68-37-19-16-35-65(68)74(84-81)53-25-10-6-11-26-53/h3-49H,1H2,2H3/b31-4-. The SMILES string of the molecule is C=C/C=C\c1c(C)n(-c2ccccc2)c2c1ccc1c3ccccc3n(-c3nc(-c4ccc(-c5ccccc5)cc4)nc(-c4cccc(-c5ccc6c(c5)sc5c7ccccc7c7c(c8ccccc8n7-c7nc(-c8ccccc8)c8ccccc8n7)c65)c4)n3)c12. The van der Waals surface area contributed by atoms with Gasteiger partial charge in [-0.25, -0.2) is 15.0 Å². The van der Waals surface area contributed by atoms with E-state index >= 15 is 0 Å². The molecule has 426 valence electrons. The summed E-state index contributed by atoms with van der Waals surface area (Å²) < 4.78 is 9.38. The number of thiophene rings is 1. The van der Waals surface area contributed by atoms with Gasteiger partial charge in [-0.15, -0.1) is 11.3 Å². The Morgan fingerprint density at radius 3 is 1.66 bits per heavy atom. The summed E-state index contributed by atoms with van der Waals surface area (Å²) in [5.74, 6) is 2.30. The quantitative estimate of drug-likeness (QED) is 0.128. The summed E-state index contributed by atoms with van der Waals surface area (Å²) in [4.78, 5) is 27.3. The first-order chi connectivity index (χ1) is 45.0. The third kappa shape index (κ3) is 8.25. The molecule has 8 nitrogen and oxygen atoms in total. The summed E-state index contributed by atoms with van der Waals surface area (Å²) in [5, 5.41) is 11.4. The van der Waals surface area contributed by atoms with Crippen molar-refractivity contribution in [1.82, 2.24) is 38.6 Å². The number of allylic oxidation sites excluding steroid dienone is 2. The van der Waals surface area contributed by atoms with Crippen molar-refractivity contribution in [3.05, 3.63) is 297 Å². The average Bonchev–Trinajstić information content (AvgIpc) is 1.57. The van der Waals surface area contributed by atoms with E-state index in [9.17, 15) is 0 Å². The van der Waals surface area contributed by atoms with Crippen molar-refractivity contribution in [2.75, 3.05) is 0 Å². The maximum Gasteiger partial charge on any atom is 0.238 e. The van der Waals surface area contributed by atoms with Gasteiger partial charge in [-0.2, -0.15) is 9.97 Å². The molecular formula is C82H52N8S. The Hall–Kier alpha value is -11.9. The van der Waals surface area contributed by atoms with Crippen molar-refractivity contribution in [3.63, 3.8) is 0 Å². The molecule has 0 aliphatic rings. The highest BCUT2D eigenvalue weighted by molar-refractivity contribution is 7.27. The fraction of sp³-hybridized carbons (Fsp3) is 0.0122. The van der Waals surface area contributed by atoms with Crippen LogP contribution in [0.2, 0.25) is 0 Å². The number of hydrogen-bond donors (Lipinski definition) is 0. The topological polar surface area (TPSA) is 79.2 Å². The van der Waals surface area contributed by atoms with Crippen LogP contribution >= 0.6 is 11.3 Å². The number of para-hydroxylation sites is 4. The normalized spacial score (nSPS) is 12.0. The third-order valence-corrected chi connectivity index (χ3v) is 19.3. The van der Waals surface area contributed by atoms with Crippen LogP contribution < -0.4 is 0 Å². The zero-order chi connectivity index (χ0) is 60.3. The molecule has 9 heteroatoms. The van der Waals surface area contributed by atoms with Gasteiger partial charge in [-0.05, 0) is 71.6 Å². The minimum absolute atomic E-state index is 0.522. The zero-order valence-corrected chi connectivity index (χ0v) is 50.1. The van der Waals surface area contributed by atoms with E-state index in [1.165, 1.54) is 30.9 Å². The van der Waals surface area contributed by atoms with Crippen molar-refractivity contribution in [1.29, 1.82) is 0 Å². The molecule has 0 fully saturated rings. The molecule has 6 heterocycles. The largest absolute Gasteiger partial charge is 0.311 e. The van der Waals surface area contributed by atoms with Crippen molar-refractivity contribution in [3.8, 4) is 73.9 Å². The van der Waals surface area contributed by atoms with Gasteiger partial charge in [0, 0.05) is 96.9 Å². The summed E-state index contributed by atoms with van der Waals surface area (Å²) in [7, 11) is 0. The van der Waals surface area contributed by atoms with Crippen LogP contribution in [0.1, 0.15) is 11.3 Å². The number of hydrogen-bond acceptors (Lipinski definition) is 6. The van der Waals surface area contributed by atoms with Gasteiger partial charge in [0.2, 0.25) is 11.9 Å². The molecule has 12 aromatic carbocycles. The Kier molecular flexibility index (Phi) is 12.0. The van der Waals surface area contributed by atoms with E-state index in [1.807, 2.05) is 35.6 Å². The van der Waals surface area contributed by atoms with Crippen LogP contribution in [-0.2, 0) is 0 Å². The van der Waals surface area contributed by atoms with Crippen LogP contribution in [0.15, 0.2) is 286 Å². The lowest BCUT2D eigenvalue weighted by Gasteiger charge is -2.14. The molecule has 0 N–H and O–H groups in total. The van der Waals surface area contributed by atoms with Gasteiger partial charge in [0.05, 0.1) is 38.8 Å². The first kappa shape index (κ1) is 52.2. The molecule has 0 aliphatic heterocycles. The molecule has 0 aliphatic carbocycles. The van der Waals surface area contributed by atoms with Crippen LogP contribution in [0, 0.1) is 6.92 Å². The number of rotatable bonds is 10. The Balaban J connectivity index is 0.833. The molecule has 18 aromatic rings. The second kappa shape index (κ2) is 20.9. The van der Waals surface area contributed by atoms with Gasteiger partial charge < -0.3 is 4.57 Å². The van der Waals surface area contributed by atoms with Crippen LogP contribution in [0.25, 0.3) is 176 Å². The Morgan fingerprint density at radius 2 is 0.890 bits per heavy atom. The van der Waals surface area contributed by atoms with Crippen LogP contribution in [-0.4, -0.2) is 38.6 Å². The lowest BCUT2D eigenvalue weighted by molar-refractivity contribution is 0.951. The lowest BCUT2D eigenvalue weighted by atomic mass is 9.98. The highest BCUT2D eigenvalue weighted by atomic mass is 32.1. The predicted octanol–water partition coefficient (Wildman–Crippen LogP) is 21.3. The van der Waals surface area contributed by atoms with Gasteiger partial charge in [0.25, 0.3) is 0 Å². The predicted molar refractivity (Wildman–Crippen MR) is 380 cm³/mol. The molecule has 0 bridgehead atoms. The Morgan fingerprint density at radius 1 is 0.363 bits per heavy atom. The smallest absolute Gasteiger partial charge is 0.238 e. The maximum atomic E-state index is 5.58. The van der Waals surface area contributed by atoms with Crippen LogP contribution in [0.5, 0.6) is 0 Å². The van der Waals surface area contributed by atoms with Gasteiger partial charge in [-0.3, -0.25) is 9.13 Å². The number of benzene rings is 12. The molecule has 0 atom stereocenters. The molecule has 0 saturated carbocycles. The van der Waals surface area contributed by atoms with Crippen molar-refractivity contribution in [2.45, 2.75) is 6.92 Å². The minimum Gasteiger partial charge on any atom is -0.311 e. The first-order valence-corrected chi connectivity index (χ1v) is 31.4. The number of nitrogens with zero attached hydrogens (tertiary/aromatic N) is 8. The molecule has 0 amide bonds. The second-order valence-electron chi connectivity index (χ2n) is 23.2. The summed E-state index contributed by atoms with van der Waals surface area (Å²) >= 11 is 1.85. The summed E-state index contributed by atoms with van der Waals surface area (Å²) in [6.07, 6.45) is 6.02. The minimum atomic E-state index is 0.522. The van der Waals surface area contributed by atoms with Crippen molar-refractivity contribution < 1.29 is 0 Å². The average molecular weight is 1180 g/mol.